The Morgan fingerprint density at radius 1 is 1.11 bits per heavy atom. The van der Waals surface area contributed by atoms with Crippen molar-refractivity contribution in [3.63, 3.8) is 0 Å². The first-order valence-corrected chi connectivity index (χ1v) is 10.2. The van der Waals surface area contributed by atoms with Crippen molar-refractivity contribution in [2.45, 2.75) is 4.34 Å². The molecule has 2 N–H and O–H groups in total. The van der Waals surface area contributed by atoms with Gasteiger partial charge in [0.2, 0.25) is 11.0 Å². The van der Waals surface area contributed by atoms with Crippen LogP contribution in [0.4, 0.5) is 15.2 Å². The molecule has 0 fully saturated rings. The molecule has 144 valence electrons. The van der Waals surface area contributed by atoms with Crippen molar-refractivity contribution in [1.29, 1.82) is 0 Å². The van der Waals surface area contributed by atoms with E-state index in [1.54, 1.807) is 12.1 Å². The van der Waals surface area contributed by atoms with E-state index in [2.05, 4.69) is 20.8 Å². The van der Waals surface area contributed by atoms with E-state index in [1.807, 2.05) is 0 Å². The molecule has 3 rings (SSSR count). The molecular weight excluding hydrogens is 446 g/mol. The molecule has 0 unspecified atom stereocenters. The zero-order valence-corrected chi connectivity index (χ0v) is 17.1. The van der Waals surface area contributed by atoms with Gasteiger partial charge in [0.25, 0.3) is 5.91 Å². The summed E-state index contributed by atoms with van der Waals surface area (Å²) in [6.45, 7) is 0. The highest BCUT2D eigenvalue weighted by Gasteiger charge is 2.15. The molecule has 0 aliphatic carbocycles. The van der Waals surface area contributed by atoms with Gasteiger partial charge in [-0.1, -0.05) is 52.4 Å². The van der Waals surface area contributed by atoms with Crippen LogP contribution in [0.5, 0.6) is 0 Å². The van der Waals surface area contributed by atoms with Gasteiger partial charge in [0.15, 0.2) is 4.34 Å². The van der Waals surface area contributed by atoms with Crippen LogP contribution in [0.25, 0.3) is 0 Å². The minimum atomic E-state index is -0.468. The number of nitrogens with zero attached hydrogens (tertiary/aromatic N) is 2. The second-order valence-electron chi connectivity index (χ2n) is 5.30. The molecule has 1 heterocycles. The van der Waals surface area contributed by atoms with Crippen molar-refractivity contribution in [2.75, 3.05) is 16.4 Å². The third-order valence-electron chi connectivity index (χ3n) is 3.24. The maximum Gasteiger partial charge on any atom is 0.259 e. The first kappa shape index (κ1) is 20.5. The summed E-state index contributed by atoms with van der Waals surface area (Å²) in [6, 6.07) is 10.2. The fraction of sp³-hybridized carbons (Fsp3) is 0.0588. The van der Waals surface area contributed by atoms with Gasteiger partial charge in [-0.3, -0.25) is 14.9 Å². The van der Waals surface area contributed by atoms with E-state index in [0.717, 1.165) is 23.1 Å². The van der Waals surface area contributed by atoms with Gasteiger partial charge in [-0.05, 0) is 36.4 Å². The molecule has 11 heteroatoms. The van der Waals surface area contributed by atoms with E-state index in [1.165, 1.54) is 30.3 Å². The average Bonchev–Trinajstić information content (AvgIpc) is 3.09. The fourth-order valence-electron chi connectivity index (χ4n) is 2.05. The summed E-state index contributed by atoms with van der Waals surface area (Å²) in [5, 5.41) is 13.9. The summed E-state index contributed by atoms with van der Waals surface area (Å²) < 4.78 is 13.6. The lowest BCUT2D eigenvalue weighted by molar-refractivity contribution is -0.113. The number of nitrogens with one attached hydrogen (secondary N) is 2. The molecule has 1 aromatic heterocycles. The summed E-state index contributed by atoms with van der Waals surface area (Å²) in [4.78, 5) is 24.2. The Balaban J connectivity index is 1.54. The van der Waals surface area contributed by atoms with Crippen LogP contribution in [-0.4, -0.2) is 27.8 Å². The topological polar surface area (TPSA) is 84.0 Å². The van der Waals surface area contributed by atoms with Gasteiger partial charge < -0.3 is 5.32 Å². The first-order valence-electron chi connectivity index (χ1n) is 7.69. The molecule has 0 saturated carbocycles. The summed E-state index contributed by atoms with van der Waals surface area (Å²) >= 11 is 14.1. The molecule has 2 aromatic carbocycles. The summed E-state index contributed by atoms with van der Waals surface area (Å²) in [6.07, 6.45) is 0. The van der Waals surface area contributed by atoms with Crippen LogP contribution in [-0.2, 0) is 4.79 Å². The van der Waals surface area contributed by atoms with Crippen molar-refractivity contribution >= 4 is 68.9 Å². The number of benzene rings is 2. The number of halogens is 3. The van der Waals surface area contributed by atoms with Crippen molar-refractivity contribution in [1.82, 2.24) is 10.2 Å². The minimum Gasteiger partial charge on any atom is -0.325 e. The molecular formula is C17H11Cl2FN4O2S2. The smallest absolute Gasteiger partial charge is 0.259 e. The second kappa shape index (κ2) is 9.33. The van der Waals surface area contributed by atoms with Crippen LogP contribution in [0.2, 0.25) is 10.0 Å². The number of carbonyl (C=O) groups is 2. The SMILES string of the molecule is O=C(CSc1nnc(NC(=O)c2cc(Cl)ccc2Cl)s1)Nc1cccc(F)c1. The standard InChI is InChI=1S/C17H11Cl2FN4O2S2/c18-9-4-5-13(19)12(6-9)15(26)22-16-23-24-17(28-16)27-8-14(25)21-11-3-1-2-10(20)7-11/h1-7H,8H2,(H,21,25)(H,22,23,26). The van der Waals surface area contributed by atoms with Crippen LogP contribution in [0.3, 0.4) is 0 Å². The molecule has 0 aliphatic heterocycles. The highest BCUT2D eigenvalue weighted by Crippen LogP contribution is 2.27. The third-order valence-corrected chi connectivity index (χ3v) is 5.77. The number of hydrogen-bond acceptors (Lipinski definition) is 6. The van der Waals surface area contributed by atoms with Gasteiger partial charge in [0, 0.05) is 10.7 Å². The summed E-state index contributed by atoms with van der Waals surface area (Å²) in [5.41, 5.74) is 0.585. The van der Waals surface area contributed by atoms with Crippen LogP contribution in [0.1, 0.15) is 10.4 Å². The molecule has 28 heavy (non-hydrogen) atoms. The minimum absolute atomic E-state index is 0.0548. The van der Waals surface area contributed by atoms with Crippen molar-refractivity contribution < 1.29 is 14.0 Å². The normalized spacial score (nSPS) is 10.5. The zero-order valence-electron chi connectivity index (χ0n) is 13.9. The summed E-state index contributed by atoms with van der Waals surface area (Å²) in [5.74, 6) is -1.17. The maximum absolute atomic E-state index is 13.1. The molecule has 0 atom stereocenters. The van der Waals surface area contributed by atoms with Crippen molar-refractivity contribution in [3.05, 3.63) is 63.9 Å². The number of carbonyl (C=O) groups excluding carboxylic acids is 2. The molecule has 0 saturated heterocycles. The van der Waals surface area contributed by atoms with Crippen molar-refractivity contribution in [2.24, 2.45) is 0 Å². The highest BCUT2D eigenvalue weighted by molar-refractivity contribution is 8.01. The van der Waals surface area contributed by atoms with Gasteiger partial charge in [-0.2, -0.15) is 0 Å². The molecule has 6 nitrogen and oxygen atoms in total. The number of thioether (sulfide) groups is 1. The van der Waals surface area contributed by atoms with E-state index >= 15 is 0 Å². The Hall–Kier alpha value is -2.20. The first-order chi connectivity index (χ1) is 13.4. The lowest BCUT2D eigenvalue weighted by Crippen LogP contribution is -2.13. The largest absolute Gasteiger partial charge is 0.325 e. The molecule has 3 aromatic rings. The van der Waals surface area contributed by atoms with Crippen LogP contribution in [0.15, 0.2) is 46.8 Å². The predicted molar refractivity (Wildman–Crippen MR) is 110 cm³/mol. The molecule has 0 spiro atoms. The van der Waals surface area contributed by atoms with Crippen LogP contribution in [0, 0.1) is 5.82 Å². The zero-order chi connectivity index (χ0) is 20.1. The predicted octanol–water partition coefficient (Wildman–Crippen LogP) is 4.97. The van der Waals surface area contributed by atoms with Crippen LogP contribution >= 0.6 is 46.3 Å². The Morgan fingerprint density at radius 3 is 2.71 bits per heavy atom. The molecule has 0 aliphatic rings. The van der Waals surface area contributed by atoms with Crippen LogP contribution < -0.4 is 10.6 Å². The molecule has 0 bridgehead atoms. The number of aromatic nitrogens is 2. The molecule has 2 amide bonds. The number of anilines is 2. The Kier molecular flexibility index (Phi) is 6.84. The highest BCUT2D eigenvalue weighted by atomic mass is 35.5. The van der Waals surface area contributed by atoms with E-state index in [-0.39, 0.29) is 27.4 Å². The fourth-order valence-corrected chi connectivity index (χ4v) is 3.97. The number of hydrogen-bond donors (Lipinski definition) is 2. The molecule has 0 radical (unpaired) electrons. The van der Waals surface area contributed by atoms with Gasteiger partial charge >= 0.3 is 0 Å². The van der Waals surface area contributed by atoms with Gasteiger partial charge in [0.1, 0.15) is 5.82 Å². The van der Waals surface area contributed by atoms with E-state index in [4.69, 9.17) is 23.2 Å². The van der Waals surface area contributed by atoms with E-state index in [0.29, 0.717) is 15.0 Å². The second-order valence-corrected chi connectivity index (χ2v) is 8.34. The van der Waals surface area contributed by atoms with E-state index in [9.17, 15) is 14.0 Å². The number of rotatable bonds is 6. The van der Waals surface area contributed by atoms with E-state index < -0.39 is 11.7 Å². The lowest BCUT2D eigenvalue weighted by Gasteiger charge is -2.04. The maximum atomic E-state index is 13.1. The Labute approximate surface area is 177 Å². The van der Waals surface area contributed by atoms with Gasteiger partial charge in [0.05, 0.1) is 16.3 Å². The van der Waals surface area contributed by atoms with Crippen molar-refractivity contribution in [3.8, 4) is 0 Å². The Bertz CT molecular complexity index is 1030. The monoisotopic (exact) mass is 456 g/mol. The average molecular weight is 457 g/mol. The summed E-state index contributed by atoms with van der Waals surface area (Å²) in [7, 11) is 0. The Morgan fingerprint density at radius 2 is 1.93 bits per heavy atom. The van der Waals surface area contributed by atoms with Gasteiger partial charge in [-0.15, -0.1) is 10.2 Å². The quantitative estimate of drug-likeness (QED) is 0.404. The lowest BCUT2D eigenvalue weighted by atomic mass is 10.2. The van der Waals surface area contributed by atoms with Gasteiger partial charge in [-0.25, -0.2) is 4.39 Å². The number of amides is 2. The third kappa shape index (κ3) is 5.65.